The molecule has 0 aromatic heterocycles. The van der Waals surface area contributed by atoms with Crippen molar-refractivity contribution >= 4 is 11.9 Å². The molecule has 0 aromatic rings. The molecule has 0 N–H and O–H groups in total. The molecule has 0 aliphatic carbocycles. The number of alkyl halides is 4. The van der Waals surface area contributed by atoms with Gasteiger partial charge in [-0.15, -0.1) is 0 Å². The fourth-order valence-electron chi connectivity index (χ4n) is 0.256. The Morgan fingerprint density at radius 2 is 1.00 bits per heavy atom. The Balaban J connectivity index is 5.01. The number of hydrogen-bond acceptors (Lipinski definition) is 4. The van der Waals surface area contributed by atoms with Gasteiger partial charge in [-0.1, -0.05) is 0 Å². The SMILES string of the molecule is O=C([O-])C(F)(F)C(F)(F)C(=O)[O-]. The number of halogens is 4. The summed E-state index contributed by atoms with van der Waals surface area (Å²) >= 11 is 0. The van der Waals surface area contributed by atoms with Crippen molar-refractivity contribution in [2.75, 3.05) is 0 Å². The Kier molecular flexibility index (Phi) is 2.32. The van der Waals surface area contributed by atoms with Crippen LogP contribution in [0.2, 0.25) is 0 Å². The quantitative estimate of drug-likeness (QED) is 0.469. The summed E-state index contributed by atoms with van der Waals surface area (Å²) in [5, 5.41) is 18.7. The van der Waals surface area contributed by atoms with Crippen molar-refractivity contribution in [2.24, 2.45) is 0 Å². The zero-order valence-electron chi connectivity index (χ0n) is 5.14. The van der Waals surface area contributed by atoms with E-state index in [4.69, 9.17) is 0 Å². The highest BCUT2D eigenvalue weighted by Crippen LogP contribution is 2.32. The van der Waals surface area contributed by atoms with E-state index in [1.54, 1.807) is 0 Å². The third-order valence-corrected chi connectivity index (χ3v) is 0.907. The molecule has 8 heteroatoms. The van der Waals surface area contributed by atoms with Crippen molar-refractivity contribution in [1.29, 1.82) is 0 Å². The van der Waals surface area contributed by atoms with Crippen LogP contribution in [0.5, 0.6) is 0 Å². The van der Waals surface area contributed by atoms with Crippen LogP contribution in [0.15, 0.2) is 0 Å². The molecule has 0 heterocycles. The van der Waals surface area contributed by atoms with Crippen molar-refractivity contribution in [3.8, 4) is 0 Å². The minimum atomic E-state index is -5.77. The van der Waals surface area contributed by atoms with Gasteiger partial charge in [0, 0.05) is 0 Å². The largest absolute Gasteiger partial charge is 0.544 e. The first-order chi connectivity index (χ1) is 5.14. The number of aliphatic carboxylic acids is 2. The number of carboxylic acid groups (broad SMARTS) is 2. The van der Waals surface area contributed by atoms with Crippen LogP contribution in [0.3, 0.4) is 0 Å². The Labute approximate surface area is 62.4 Å². The first-order valence-electron chi connectivity index (χ1n) is 2.32. The Bertz CT molecular complexity index is 199. The van der Waals surface area contributed by atoms with Crippen molar-refractivity contribution < 1.29 is 37.4 Å². The maximum atomic E-state index is 11.7. The van der Waals surface area contributed by atoms with E-state index in [1.165, 1.54) is 0 Å². The lowest BCUT2D eigenvalue weighted by Gasteiger charge is -2.27. The predicted molar refractivity (Wildman–Crippen MR) is 19.9 cm³/mol. The minimum absolute atomic E-state index is 3.48. The molecule has 0 saturated heterocycles. The third-order valence-electron chi connectivity index (χ3n) is 0.907. The van der Waals surface area contributed by atoms with E-state index in [0.29, 0.717) is 0 Å². The lowest BCUT2D eigenvalue weighted by molar-refractivity contribution is -0.371. The molecule has 0 aliphatic rings. The molecule has 0 unspecified atom stereocenters. The third kappa shape index (κ3) is 1.31. The van der Waals surface area contributed by atoms with Gasteiger partial charge in [-0.05, 0) is 0 Å². The molecule has 4 nitrogen and oxygen atoms in total. The van der Waals surface area contributed by atoms with Gasteiger partial charge >= 0.3 is 11.8 Å². The summed E-state index contributed by atoms with van der Waals surface area (Å²) in [4.78, 5) is 18.7. The molecule has 12 heavy (non-hydrogen) atoms. The number of carbonyl (C=O) groups excluding carboxylic acids is 2. The standard InChI is InChI=1S/C4H2F4O4/c5-3(6,1(9)10)4(7,8)2(11)12/h(H,9,10)(H,11,12)/p-2. The van der Waals surface area contributed by atoms with Gasteiger partial charge in [0.15, 0.2) is 0 Å². The van der Waals surface area contributed by atoms with E-state index in [2.05, 4.69) is 0 Å². The maximum Gasteiger partial charge on any atom is 0.354 e. The molecular formula is C4F4O4-2. The molecule has 0 bridgehead atoms. The summed E-state index contributed by atoms with van der Waals surface area (Å²) in [7, 11) is 0. The van der Waals surface area contributed by atoms with E-state index in [-0.39, 0.29) is 0 Å². The smallest absolute Gasteiger partial charge is 0.354 e. The Hall–Kier alpha value is -1.34. The topological polar surface area (TPSA) is 80.3 Å². The second-order valence-electron chi connectivity index (χ2n) is 1.72. The second kappa shape index (κ2) is 2.61. The van der Waals surface area contributed by atoms with Crippen molar-refractivity contribution in [1.82, 2.24) is 0 Å². The predicted octanol–water partition coefficient (Wildman–Crippen LogP) is -2.24. The summed E-state index contributed by atoms with van der Waals surface area (Å²) in [6.45, 7) is 0. The van der Waals surface area contributed by atoms with Gasteiger partial charge in [-0.2, -0.15) is 17.6 Å². The number of hydrogen-bond donors (Lipinski definition) is 0. The van der Waals surface area contributed by atoms with Gasteiger partial charge < -0.3 is 19.8 Å². The first kappa shape index (κ1) is 10.7. The van der Waals surface area contributed by atoms with Gasteiger partial charge in [0.1, 0.15) is 11.9 Å². The molecule has 0 amide bonds. The first-order valence-corrected chi connectivity index (χ1v) is 2.32. The van der Waals surface area contributed by atoms with Crippen LogP contribution in [-0.2, 0) is 9.59 Å². The highest BCUT2D eigenvalue weighted by Gasteiger charge is 2.58. The molecule has 0 aromatic carbocycles. The number of carbonyl (C=O) groups is 2. The van der Waals surface area contributed by atoms with Crippen LogP contribution in [0, 0.1) is 0 Å². The average molecular weight is 188 g/mol. The summed E-state index contributed by atoms with van der Waals surface area (Å²) in [5.74, 6) is -18.5. The summed E-state index contributed by atoms with van der Waals surface area (Å²) < 4.78 is 47.0. The van der Waals surface area contributed by atoms with E-state index in [9.17, 15) is 37.4 Å². The normalized spacial score (nSPS) is 12.7. The minimum Gasteiger partial charge on any atom is -0.544 e. The van der Waals surface area contributed by atoms with E-state index in [0.717, 1.165) is 0 Å². The van der Waals surface area contributed by atoms with E-state index < -0.39 is 23.8 Å². The summed E-state index contributed by atoms with van der Waals surface area (Å²) in [5.41, 5.74) is 0. The molecule has 0 saturated carbocycles. The van der Waals surface area contributed by atoms with Crippen molar-refractivity contribution in [2.45, 2.75) is 11.8 Å². The van der Waals surface area contributed by atoms with Gasteiger partial charge in [-0.25, -0.2) is 0 Å². The number of rotatable bonds is 3. The van der Waals surface area contributed by atoms with Crippen LogP contribution < -0.4 is 10.2 Å². The molecule has 0 fully saturated rings. The second-order valence-corrected chi connectivity index (χ2v) is 1.72. The molecule has 0 aliphatic heterocycles. The van der Waals surface area contributed by atoms with Crippen LogP contribution in [0.1, 0.15) is 0 Å². The zero-order valence-corrected chi connectivity index (χ0v) is 5.14. The van der Waals surface area contributed by atoms with E-state index in [1.807, 2.05) is 0 Å². The molecule has 0 spiro atoms. The summed E-state index contributed by atoms with van der Waals surface area (Å²) in [6.07, 6.45) is 0. The highest BCUT2D eigenvalue weighted by atomic mass is 19.3. The lowest BCUT2D eigenvalue weighted by Crippen LogP contribution is -2.61. The van der Waals surface area contributed by atoms with Gasteiger partial charge in [-0.3, -0.25) is 0 Å². The lowest BCUT2D eigenvalue weighted by atomic mass is 10.2. The van der Waals surface area contributed by atoms with Crippen LogP contribution >= 0.6 is 0 Å². The van der Waals surface area contributed by atoms with Gasteiger partial charge in [0.05, 0.1) is 0 Å². The average Bonchev–Trinajstić information content (AvgIpc) is 1.86. The van der Waals surface area contributed by atoms with Crippen molar-refractivity contribution in [3.05, 3.63) is 0 Å². The fourth-order valence-corrected chi connectivity index (χ4v) is 0.256. The fraction of sp³-hybridized carbons (Fsp3) is 0.500. The molecular weight excluding hydrogens is 188 g/mol. The van der Waals surface area contributed by atoms with E-state index >= 15 is 0 Å². The maximum absolute atomic E-state index is 11.7. The Morgan fingerprint density at radius 1 is 0.833 bits per heavy atom. The van der Waals surface area contributed by atoms with Gasteiger partial charge in [0.25, 0.3) is 0 Å². The highest BCUT2D eigenvalue weighted by molar-refractivity contribution is 5.86. The van der Waals surface area contributed by atoms with Crippen molar-refractivity contribution in [3.63, 3.8) is 0 Å². The van der Waals surface area contributed by atoms with Crippen LogP contribution in [0.25, 0.3) is 0 Å². The Morgan fingerprint density at radius 3 is 1.08 bits per heavy atom. The van der Waals surface area contributed by atoms with Crippen LogP contribution in [0.4, 0.5) is 17.6 Å². The monoisotopic (exact) mass is 188 g/mol. The number of carboxylic acids is 2. The van der Waals surface area contributed by atoms with Gasteiger partial charge in [0.2, 0.25) is 0 Å². The molecule has 70 valence electrons. The molecule has 0 radical (unpaired) electrons. The molecule has 0 rings (SSSR count). The summed E-state index contributed by atoms with van der Waals surface area (Å²) in [6, 6.07) is 0. The molecule has 0 atom stereocenters. The zero-order chi connectivity index (χ0) is 10.2. The van der Waals surface area contributed by atoms with Crippen LogP contribution in [-0.4, -0.2) is 23.8 Å².